The van der Waals surface area contributed by atoms with E-state index in [0.717, 1.165) is 5.69 Å². The summed E-state index contributed by atoms with van der Waals surface area (Å²) < 4.78 is 5.06. The van der Waals surface area contributed by atoms with Crippen LogP contribution in [0.2, 0.25) is 0 Å². The van der Waals surface area contributed by atoms with Gasteiger partial charge in [0.25, 0.3) is 0 Å². The van der Waals surface area contributed by atoms with Crippen molar-refractivity contribution in [2.75, 3.05) is 7.11 Å². The number of nitrogens with two attached hydrogens (primary N) is 1. The number of nitrogens with zero attached hydrogens (tertiary/aromatic N) is 2. The topological polar surface area (TPSA) is 61.0 Å². The summed E-state index contributed by atoms with van der Waals surface area (Å²) in [6.45, 7) is 2.08. The largest absolute Gasteiger partial charge is 0.481 e. The summed E-state index contributed by atoms with van der Waals surface area (Å²) in [5.74, 6) is 0.574. The summed E-state index contributed by atoms with van der Waals surface area (Å²) >= 11 is 1.69. The van der Waals surface area contributed by atoms with Crippen LogP contribution in [0.5, 0.6) is 5.88 Å². The minimum Gasteiger partial charge on any atom is -0.481 e. The van der Waals surface area contributed by atoms with Crippen molar-refractivity contribution in [3.8, 4) is 5.88 Å². The second-order valence-electron chi connectivity index (χ2n) is 3.83. The molecule has 0 aliphatic carbocycles. The van der Waals surface area contributed by atoms with Crippen LogP contribution in [0.4, 0.5) is 0 Å². The van der Waals surface area contributed by atoms with E-state index in [4.69, 9.17) is 10.5 Å². The van der Waals surface area contributed by atoms with Crippen LogP contribution in [0, 0.1) is 6.92 Å². The van der Waals surface area contributed by atoms with Crippen LogP contribution < -0.4 is 10.5 Å². The van der Waals surface area contributed by atoms with E-state index in [9.17, 15) is 0 Å². The van der Waals surface area contributed by atoms with E-state index >= 15 is 0 Å². The minimum absolute atomic E-state index is 0.0189. The first-order chi connectivity index (χ1) is 8.20. The Bertz CT molecular complexity index is 498. The fourth-order valence-electron chi connectivity index (χ4n) is 1.68. The zero-order chi connectivity index (χ0) is 12.3. The molecule has 0 aromatic carbocycles. The smallest absolute Gasteiger partial charge is 0.216 e. The molecule has 0 fully saturated rings. The fourth-order valence-corrected chi connectivity index (χ4v) is 2.61. The molecule has 0 radical (unpaired) electrons. The number of hydrogen-bond acceptors (Lipinski definition) is 5. The molecule has 90 valence electrons. The number of methoxy groups -OCH3 is 1. The first-order valence-electron chi connectivity index (χ1n) is 5.35. The second-order valence-corrected chi connectivity index (χ2v) is 4.78. The van der Waals surface area contributed by atoms with Gasteiger partial charge in [-0.2, -0.15) is 0 Å². The van der Waals surface area contributed by atoms with Gasteiger partial charge < -0.3 is 10.5 Å². The summed E-state index contributed by atoms with van der Waals surface area (Å²) in [7, 11) is 1.59. The van der Waals surface area contributed by atoms with Gasteiger partial charge in [-0.15, -0.1) is 11.3 Å². The third kappa shape index (κ3) is 2.81. The third-order valence-corrected chi connectivity index (χ3v) is 3.73. The van der Waals surface area contributed by atoms with E-state index < -0.39 is 0 Å². The van der Waals surface area contributed by atoms with Gasteiger partial charge in [0.15, 0.2) is 0 Å². The molecular formula is C12H15N3OS. The van der Waals surface area contributed by atoms with Crippen LogP contribution in [0.3, 0.4) is 0 Å². The molecule has 1 atom stereocenters. The van der Waals surface area contributed by atoms with Crippen LogP contribution in [0.25, 0.3) is 0 Å². The molecule has 0 saturated heterocycles. The van der Waals surface area contributed by atoms with Crippen molar-refractivity contribution >= 4 is 11.3 Å². The second kappa shape index (κ2) is 5.25. The van der Waals surface area contributed by atoms with Crippen molar-refractivity contribution in [2.24, 2.45) is 5.73 Å². The number of rotatable bonds is 4. The lowest BCUT2D eigenvalue weighted by Crippen LogP contribution is -2.13. The Morgan fingerprint density at radius 3 is 2.94 bits per heavy atom. The highest BCUT2D eigenvalue weighted by atomic mass is 32.1. The van der Waals surface area contributed by atoms with Gasteiger partial charge in [-0.25, -0.2) is 9.97 Å². The normalized spacial score (nSPS) is 12.4. The summed E-state index contributed by atoms with van der Waals surface area (Å²) in [5, 5.41) is 2.06. The molecule has 1 unspecified atom stereocenters. The summed E-state index contributed by atoms with van der Waals surface area (Å²) in [5.41, 5.74) is 8.31. The number of ether oxygens (including phenoxy) is 1. The van der Waals surface area contributed by atoms with Crippen LogP contribution in [0.1, 0.15) is 22.2 Å². The average molecular weight is 249 g/mol. The van der Waals surface area contributed by atoms with Gasteiger partial charge >= 0.3 is 0 Å². The van der Waals surface area contributed by atoms with E-state index in [0.29, 0.717) is 12.3 Å². The quantitative estimate of drug-likeness (QED) is 0.901. The molecule has 4 nitrogen and oxygen atoms in total. The standard InChI is InChI=1S/C12H15N3OS/c1-8-3-4-17-12(8)10(13)5-9-6-11(16-2)15-7-14-9/h3-4,6-7,10H,5,13H2,1-2H3. The number of aromatic nitrogens is 2. The van der Waals surface area contributed by atoms with Gasteiger partial charge in [0, 0.05) is 29.1 Å². The highest BCUT2D eigenvalue weighted by Crippen LogP contribution is 2.24. The van der Waals surface area contributed by atoms with E-state index in [2.05, 4.69) is 28.3 Å². The highest BCUT2D eigenvalue weighted by Gasteiger charge is 2.12. The number of hydrogen-bond donors (Lipinski definition) is 1. The van der Waals surface area contributed by atoms with E-state index in [1.54, 1.807) is 18.4 Å². The molecule has 2 heterocycles. The molecule has 17 heavy (non-hydrogen) atoms. The molecule has 0 aliphatic heterocycles. The van der Waals surface area contributed by atoms with E-state index in [1.165, 1.54) is 16.8 Å². The van der Waals surface area contributed by atoms with Crippen LogP contribution in [0.15, 0.2) is 23.8 Å². The fraction of sp³-hybridized carbons (Fsp3) is 0.333. The highest BCUT2D eigenvalue weighted by molar-refractivity contribution is 7.10. The lowest BCUT2D eigenvalue weighted by Gasteiger charge is -2.10. The van der Waals surface area contributed by atoms with Crippen molar-refractivity contribution < 1.29 is 4.74 Å². The van der Waals surface area contributed by atoms with Crippen molar-refractivity contribution in [1.82, 2.24) is 9.97 Å². The molecule has 5 heteroatoms. The Hall–Kier alpha value is -1.46. The Morgan fingerprint density at radius 1 is 1.47 bits per heavy atom. The molecule has 0 aliphatic rings. The van der Waals surface area contributed by atoms with Gasteiger partial charge in [-0.3, -0.25) is 0 Å². The maximum absolute atomic E-state index is 6.17. The maximum atomic E-state index is 6.17. The zero-order valence-corrected chi connectivity index (χ0v) is 10.7. The van der Waals surface area contributed by atoms with Crippen molar-refractivity contribution in [2.45, 2.75) is 19.4 Å². The van der Waals surface area contributed by atoms with Crippen LogP contribution in [-0.2, 0) is 6.42 Å². The van der Waals surface area contributed by atoms with Crippen LogP contribution in [-0.4, -0.2) is 17.1 Å². The van der Waals surface area contributed by atoms with Crippen molar-refractivity contribution in [1.29, 1.82) is 0 Å². The molecule has 0 saturated carbocycles. The van der Waals surface area contributed by atoms with E-state index in [1.807, 2.05) is 6.07 Å². The molecule has 0 amide bonds. The SMILES string of the molecule is COc1cc(CC(N)c2sccc2C)ncn1. The lowest BCUT2D eigenvalue weighted by atomic mass is 10.1. The van der Waals surface area contributed by atoms with Gasteiger partial charge in [0.1, 0.15) is 6.33 Å². The van der Waals surface area contributed by atoms with Gasteiger partial charge in [0.05, 0.1) is 7.11 Å². The molecular weight excluding hydrogens is 234 g/mol. The predicted molar refractivity (Wildman–Crippen MR) is 68.3 cm³/mol. The maximum Gasteiger partial charge on any atom is 0.216 e. The van der Waals surface area contributed by atoms with Crippen LogP contribution >= 0.6 is 11.3 Å². The number of thiophene rings is 1. The Kier molecular flexibility index (Phi) is 3.71. The molecule has 0 spiro atoms. The monoisotopic (exact) mass is 249 g/mol. The third-order valence-electron chi connectivity index (χ3n) is 2.58. The van der Waals surface area contributed by atoms with Gasteiger partial charge in [-0.05, 0) is 23.9 Å². The lowest BCUT2D eigenvalue weighted by molar-refractivity contribution is 0.395. The molecule has 2 N–H and O–H groups in total. The summed E-state index contributed by atoms with van der Waals surface area (Å²) in [6, 6.07) is 3.89. The van der Waals surface area contributed by atoms with E-state index in [-0.39, 0.29) is 6.04 Å². The average Bonchev–Trinajstić information content (AvgIpc) is 2.76. The first kappa shape index (κ1) is 12.0. The Balaban J connectivity index is 2.13. The molecule has 2 rings (SSSR count). The first-order valence-corrected chi connectivity index (χ1v) is 6.23. The van der Waals surface area contributed by atoms with Crippen molar-refractivity contribution in [3.63, 3.8) is 0 Å². The predicted octanol–water partition coefficient (Wildman–Crippen LogP) is 2.10. The molecule has 0 bridgehead atoms. The molecule has 2 aromatic rings. The number of aryl methyl sites for hydroxylation is 1. The van der Waals surface area contributed by atoms with Gasteiger partial charge in [0.2, 0.25) is 5.88 Å². The summed E-state index contributed by atoms with van der Waals surface area (Å²) in [6.07, 6.45) is 2.20. The van der Waals surface area contributed by atoms with Gasteiger partial charge in [-0.1, -0.05) is 0 Å². The van der Waals surface area contributed by atoms with Crippen molar-refractivity contribution in [3.05, 3.63) is 40.0 Å². The minimum atomic E-state index is -0.0189. The molecule has 2 aromatic heterocycles. The Labute approximate surface area is 104 Å². The summed E-state index contributed by atoms with van der Waals surface area (Å²) in [4.78, 5) is 9.39. The zero-order valence-electron chi connectivity index (χ0n) is 9.88. The Morgan fingerprint density at radius 2 is 2.29 bits per heavy atom.